The van der Waals surface area contributed by atoms with Crippen LogP contribution in [0.25, 0.3) is 71.7 Å². The fraction of sp³-hybridized carbons (Fsp3) is 0.236. The van der Waals surface area contributed by atoms with Crippen LogP contribution in [-0.2, 0) is 26.5 Å². The van der Waals surface area contributed by atoms with Crippen LogP contribution in [0.3, 0.4) is 0 Å². The Labute approximate surface area is 371 Å². The molecule has 0 spiro atoms. The Morgan fingerprint density at radius 3 is 1.77 bits per heavy atom. The first-order valence-electron chi connectivity index (χ1n) is 21.2. The molecular formula is C55H55IrN3Si-2. The topological polar surface area (TPSA) is 30.7 Å². The van der Waals surface area contributed by atoms with Crippen LogP contribution in [0.2, 0.25) is 19.6 Å². The Bertz CT molecular complexity index is 2880. The normalized spacial score (nSPS) is 11.8. The molecule has 0 aliphatic carbocycles. The van der Waals surface area contributed by atoms with Crippen LogP contribution in [0.4, 0.5) is 0 Å². The first-order valence-corrected chi connectivity index (χ1v) is 24.7. The summed E-state index contributed by atoms with van der Waals surface area (Å²) >= 11 is 0. The molecule has 0 N–H and O–H groups in total. The van der Waals surface area contributed by atoms with Crippen molar-refractivity contribution in [2.75, 3.05) is 0 Å². The summed E-state index contributed by atoms with van der Waals surface area (Å²) < 4.78 is 2.39. The summed E-state index contributed by atoms with van der Waals surface area (Å²) in [6, 6.07) is 54.4. The van der Waals surface area contributed by atoms with Crippen molar-refractivity contribution in [3.05, 3.63) is 168 Å². The number of hydrogen-bond acceptors (Lipinski definition) is 2. The van der Waals surface area contributed by atoms with Crippen molar-refractivity contribution < 1.29 is 20.1 Å². The average molecular weight is 978 g/mol. The van der Waals surface area contributed by atoms with Gasteiger partial charge in [-0.15, -0.1) is 59.7 Å². The van der Waals surface area contributed by atoms with Gasteiger partial charge in [-0.1, -0.05) is 168 Å². The van der Waals surface area contributed by atoms with E-state index in [1.807, 2.05) is 18.2 Å². The van der Waals surface area contributed by atoms with Crippen molar-refractivity contribution in [1.82, 2.24) is 14.5 Å². The third-order valence-corrected chi connectivity index (χ3v) is 13.5. The Kier molecular flexibility index (Phi) is 12.7. The van der Waals surface area contributed by atoms with Crippen molar-refractivity contribution in [2.24, 2.45) is 5.92 Å². The van der Waals surface area contributed by atoms with Crippen molar-refractivity contribution in [3.8, 4) is 28.3 Å². The van der Waals surface area contributed by atoms with Gasteiger partial charge in [-0.05, 0) is 74.5 Å². The molecule has 9 aromatic rings. The molecule has 1 radical (unpaired) electrons. The van der Waals surface area contributed by atoms with E-state index in [4.69, 9.17) is 4.98 Å². The van der Waals surface area contributed by atoms with Crippen molar-refractivity contribution in [1.29, 1.82) is 0 Å². The van der Waals surface area contributed by atoms with E-state index in [1.165, 1.54) is 59.9 Å². The number of para-hydroxylation sites is 3. The first kappa shape index (κ1) is 42.9. The Morgan fingerprint density at radius 2 is 1.18 bits per heavy atom. The van der Waals surface area contributed by atoms with Crippen LogP contribution in [0.15, 0.2) is 140 Å². The van der Waals surface area contributed by atoms with Gasteiger partial charge in [0, 0.05) is 32.0 Å². The van der Waals surface area contributed by atoms with Gasteiger partial charge in [0.05, 0.1) is 24.9 Å². The molecule has 0 saturated carbocycles. The molecule has 9 rings (SSSR count). The second kappa shape index (κ2) is 17.8. The van der Waals surface area contributed by atoms with E-state index < -0.39 is 8.07 Å². The molecule has 0 bridgehead atoms. The number of hydrogen-bond donors (Lipinski definition) is 0. The average Bonchev–Trinajstić information content (AvgIpc) is 3.62. The third-order valence-electron chi connectivity index (χ3n) is 11.5. The Morgan fingerprint density at radius 1 is 0.600 bits per heavy atom. The van der Waals surface area contributed by atoms with Crippen molar-refractivity contribution >= 4 is 56.6 Å². The zero-order chi connectivity index (χ0) is 41.4. The van der Waals surface area contributed by atoms with Crippen molar-refractivity contribution in [2.45, 2.75) is 79.4 Å². The van der Waals surface area contributed by atoms with Gasteiger partial charge >= 0.3 is 0 Å². The number of rotatable bonds is 8. The summed E-state index contributed by atoms with van der Waals surface area (Å²) in [5.74, 6) is 2.36. The van der Waals surface area contributed by atoms with E-state index >= 15 is 0 Å². The molecule has 7 aromatic carbocycles. The number of imidazole rings is 1. The zero-order valence-electron chi connectivity index (χ0n) is 36.4. The van der Waals surface area contributed by atoms with E-state index in [-0.39, 0.29) is 20.1 Å². The SMILES string of the molecule is CC(C)Cc1cc(-c2[c-]cccc2)ncc1[Si](C)(C)C.CC(C)c1cccc(C(C)C)c1-n1c(-c2[c-]cc3c4ccccc4c4ccccc4c3c2)nc2ccccc21.[Ir]. The van der Waals surface area contributed by atoms with Crippen LogP contribution < -0.4 is 5.19 Å². The number of aromatic nitrogens is 3. The number of pyridine rings is 1. The van der Waals surface area contributed by atoms with Crippen LogP contribution >= 0.6 is 0 Å². The van der Waals surface area contributed by atoms with Crippen LogP contribution in [0, 0.1) is 18.1 Å². The predicted octanol–water partition coefficient (Wildman–Crippen LogP) is 14.5. The van der Waals surface area contributed by atoms with Gasteiger partial charge in [0.25, 0.3) is 0 Å². The fourth-order valence-electron chi connectivity index (χ4n) is 8.66. The molecule has 3 nitrogen and oxygen atoms in total. The standard InChI is InChI=1S/C37H31N2.C18H24NSi.Ir/c1-23(2)26-16-11-17-27(24(3)4)36(26)39-35-19-10-9-18-34(35)38-37(39)25-20-21-32-30-14-6-5-12-28(30)29-13-7-8-15-31(29)33(32)22-25;1-14(2)11-16-12-17(15-9-7-6-8-10-15)19-13-18(16)20(3,4)5;/h5-19,21-24H,1-4H3;6-9,12-14H,11H2,1-5H3;/q2*-1;. The second-order valence-corrected chi connectivity index (χ2v) is 23.0. The van der Waals surface area contributed by atoms with Gasteiger partial charge in [-0.2, -0.15) is 0 Å². The van der Waals surface area contributed by atoms with E-state index in [0.717, 1.165) is 40.1 Å². The van der Waals surface area contributed by atoms with Crippen molar-refractivity contribution in [3.63, 3.8) is 0 Å². The summed E-state index contributed by atoms with van der Waals surface area (Å²) in [5.41, 5.74) is 10.7. The fourth-order valence-corrected chi connectivity index (χ4v) is 10.2. The summed E-state index contributed by atoms with van der Waals surface area (Å²) in [6.45, 7) is 20.8. The first-order chi connectivity index (χ1) is 28.4. The van der Waals surface area contributed by atoms with Gasteiger partial charge in [-0.25, -0.2) is 0 Å². The summed E-state index contributed by atoms with van der Waals surface area (Å²) in [5, 5.41) is 9.02. The molecular weight excluding hydrogens is 923 g/mol. The molecule has 305 valence electrons. The minimum atomic E-state index is -1.34. The Hall–Kier alpha value is -5.19. The largest absolute Gasteiger partial charge is 0.333 e. The quantitative estimate of drug-likeness (QED) is 0.0863. The van der Waals surface area contributed by atoms with E-state index in [2.05, 4.69) is 204 Å². The zero-order valence-corrected chi connectivity index (χ0v) is 39.8. The molecule has 2 heterocycles. The minimum absolute atomic E-state index is 0. The van der Waals surface area contributed by atoms with E-state index in [9.17, 15) is 0 Å². The molecule has 0 atom stereocenters. The molecule has 0 aliphatic rings. The molecule has 0 saturated heterocycles. The molecule has 60 heavy (non-hydrogen) atoms. The van der Waals surface area contributed by atoms with Crippen LogP contribution in [0.5, 0.6) is 0 Å². The maximum absolute atomic E-state index is 5.24. The van der Waals surface area contributed by atoms with Gasteiger partial charge < -0.3 is 9.55 Å². The summed E-state index contributed by atoms with van der Waals surface area (Å²) in [6.07, 6.45) is 3.24. The molecule has 5 heteroatoms. The van der Waals surface area contributed by atoms with Gasteiger partial charge in [0.1, 0.15) is 0 Å². The van der Waals surface area contributed by atoms with Gasteiger partial charge in [0.15, 0.2) is 0 Å². The van der Waals surface area contributed by atoms with E-state index in [0.29, 0.717) is 17.8 Å². The summed E-state index contributed by atoms with van der Waals surface area (Å²) in [4.78, 5) is 9.93. The number of benzene rings is 7. The second-order valence-electron chi connectivity index (χ2n) is 18.0. The molecule has 0 fully saturated rings. The molecule has 0 aliphatic heterocycles. The monoisotopic (exact) mass is 978 g/mol. The number of fused-ring (bicyclic) bond motifs is 7. The minimum Gasteiger partial charge on any atom is -0.333 e. The number of nitrogens with zero attached hydrogens (tertiary/aromatic N) is 3. The maximum Gasteiger partial charge on any atom is 0.0798 e. The Balaban J connectivity index is 0.000000220. The molecule has 2 aromatic heterocycles. The van der Waals surface area contributed by atoms with Crippen LogP contribution in [0.1, 0.15) is 70.1 Å². The van der Waals surface area contributed by atoms with Gasteiger partial charge in [0.2, 0.25) is 0 Å². The maximum atomic E-state index is 5.24. The predicted molar refractivity (Wildman–Crippen MR) is 256 cm³/mol. The van der Waals surface area contributed by atoms with E-state index in [1.54, 1.807) is 0 Å². The van der Waals surface area contributed by atoms with Gasteiger partial charge in [-0.3, -0.25) is 4.98 Å². The third kappa shape index (κ3) is 8.41. The van der Waals surface area contributed by atoms with Crippen LogP contribution in [-0.4, -0.2) is 22.6 Å². The smallest absolute Gasteiger partial charge is 0.0798 e. The molecule has 0 unspecified atom stereocenters. The molecule has 0 amide bonds. The summed E-state index contributed by atoms with van der Waals surface area (Å²) in [7, 11) is -1.34.